The first-order valence-corrected chi connectivity index (χ1v) is 18.5. The standard InChI is InChI=1S/C39H60O11/c1-21(40)47-31-27(49-33(44)39(10,46)20-30(42)43)19-36(7)25-16-18-37(8)24(15-17-38(37,9)26(25)12-13-28(36)34(31,3)4)23-11-14-29(35(5,6)45)50-32(23)48-22(2)41/h23-24,27-29,31-32,45-46H,11-20H2,1-10H3,(H,42,43)/t23-,24-,27-,28+,29+,31+,32+,36-,37-,38+,39+/m1/s1. The monoisotopic (exact) mass is 704 g/mol. The predicted molar refractivity (Wildman–Crippen MR) is 182 cm³/mol. The lowest BCUT2D eigenvalue weighted by atomic mass is 9.43. The van der Waals surface area contributed by atoms with Gasteiger partial charge in [-0.25, -0.2) is 4.79 Å². The summed E-state index contributed by atoms with van der Waals surface area (Å²) in [6.45, 7) is 18.5. The van der Waals surface area contributed by atoms with Crippen LogP contribution in [0.5, 0.6) is 0 Å². The van der Waals surface area contributed by atoms with E-state index in [0.29, 0.717) is 12.8 Å². The first-order chi connectivity index (χ1) is 22.9. The van der Waals surface area contributed by atoms with E-state index in [4.69, 9.17) is 18.9 Å². The van der Waals surface area contributed by atoms with E-state index in [9.17, 15) is 34.5 Å². The molecule has 5 rings (SSSR count). The minimum absolute atomic E-state index is 0.00103. The summed E-state index contributed by atoms with van der Waals surface area (Å²) in [5.41, 5.74) is -1.73. The number of fused-ring (bicyclic) bond motifs is 4. The van der Waals surface area contributed by atoms with Gasteiger partial charge >= 0.3 is 23.9 Å². The predicted octanol–water partition coefficient (Wildman–Crippen LogP) is 5.87. The molecule has 282 valence electrons. The van der Waals surface area contributed by atoms with Gasteiger partial charge in [-0.15, -0.1) is 0 Å². The Morgan fingerprint density at radius 2 is 1.48 bits per heavy atom. The summed E-state index contributed by atoms with van der Waals surface area (Å²) in [4.78, 5) is 49.4. The zero-order chi connectivity index (χ0) is 37.4. The molecule has 0 spiro atoms. The van der Waals surface area contributed by atoms with Crippen molar-refractivity contribution in [2.75, 3.05) is 0 Å². The van der Waals surface area contributed by atoms with Crippen molar-refractivity contribution < 1.29 is 53.4 Å². The van der Waals surface area contributed by atoms with Crippen LogP contribution in [0.4, 0.5) is 0 Å². The highest BCUT2D eigenvalue weighted by atomic mass is 16.7. The number of allylic oxidation sites excluding steroid dienone is 2. The number of carbonyl (C=O) groups excluding carboxylic acids is 3. The molecule has 1 saturated heterocycles. The van der Waals surface area contributed by atoms with Crippen LogP contribution in [-0.4, -0.2) is 75.0 Å². The van der Waals surface area contributed by atoms with E-state index in [-0.39, 0.29) is 28.6 Å². The highest BCUT2D eigenvalue weighted by molar-refractivity contribution is 5.84. The summed E-state index contributed by atoms with van der Waals surface area (Å²) >= 11 is 0. The molecule has 0 unspecified atom stereocenters. The van der Waals surface area contributed by atoms with Gasteiger partial charge in [-0.3, -0.25) is 14.4 Å². The topological polar surface area (TPSA) is 166 Å². The molecule has 0 radical (unpaired) electrons. The van der Waals surface area contributed by atoms with Crippen molar-refractivity contribution in [1.29, 1.82) is 0 Å². The molecule has 1 heterocycles. The largest absolute Gasteiger partial charge is 0.481 e. The number of carboxylic acids is 1. The molecule has 3 fully saturated rings. The average molecular weight is 705 g/mol. The number of hydrogen-bond acceptors (Lipinski definition) is 10. The van der Waals surface area contributed by atoms with Gasteiger partial charge in [0.05, 0.1) is 18.1 Å². The van der Waals surface area contributed by atoms with Gasteiger partial charge in [0.2, 0.25) is 6.29 Å². The zero-order valence-electron chi connectivity index (χ0n) is 31.7. The molecule has 50 heavy (non-hydrogen) atoms. The van der Waals surface area contributed by atoms with Crippen molar-refractivity contribution in [3.63, 3.8) is 0 Å². The van der Waals surface area contributed by atoms with Gasteiger partial charge in [0.1, 0.15) is 12.2 Å². The highest BCUT2D eigenvalue weighted by Crippen LogP contribution is 2.73. The Labute approximate surface area is 296 Å². The number of hydrogen-bond donors (Lipinski definition) is 3. The average Bonchev–Trinajstić information content (AvgIpc) is 3.24. The smallest absolute Gasteiger partial charge is 0.338 e. The van der Waals surface area contributed by atoms with Crippen molar-refractivity contribution in [2.45, 2.75) is 169 Å². The lowest BCUT2D eigenvalue weighted by Gasteiger charge is -2.63. The van der Waals surface area contributed by atoms with Crippen LogP contribution < -0.4 is 0 Å². The minimum Gasteiger partial charge on any atom is -0.481 e. The van der Waals surface area contributed by atoms with Crippen LogP contribution >= 0.6 is 0 Å². The molecular weight excluding hydrogens is 644 g/mol. The van der Waals surface area contributed by atoms with Gasteiger partial charge in [-0.1, -0.05) is 45.8 Å². The normalized spacial score (nSPS) is 40.8. The summed E-state index contributed by atoms with van der Waals surface area (Å²) in [7, 11) is 0. The zero-order valence-corrected chi connectivity index (χ0v) is 31.7. The van der Waals surface area contributed by atoms with E-state index >= 15 is 0 Å². The van der Waals surface area contributed by atoms with E-state index in [2.05, 4.69) is 34.6 Å². The third-order valence-electron chi connectivity index (χ3n) is 14.2. The molecule has 11 nitrogen and oxygen atoms in total. The Kier molecular flexibility index (Phi) is 9.96. The third-order valence-corrected chi connectivity index (χ3v) is 14.2. The van der Waals surface area contributed by atoms with Crippen LogP contribution in [0.15, 0.2) is 11.1 Å². The minimum atomic E-state index is -2.25. The van der Waals surface area contributed by atoms with Crippen LogP contribution in [0.25, 0.3) is 0 Å². The molecule has 1 aliphatic heterocycles. The van der Waals surface area contributed by atoms with Gasteiger partial charge in [0.15, 0.2) is 5.60 Å². The lowest BCUT2D eigenvalue weighted by Crippen LogP contribution is -2.62. The Hall–Kier alpha value is -2.50. The van der Waals surface area contributed by atoms with Crippen LogP contribution in [-0.2, 0) is 38.1 Å². The van der Waals surface area contributed by atoms with Crippen molar-refractivity contribution in [1.82, 2.24) is 0 Å². The SMILES string of the molecule is CC(=O)O[C@H]1O[C@H](C(C)(C)O)CC[C@@H]1[C@H]1CC[C@@]2(C)C3=C(CC[C@]12C)[C@@]1(C)C[C@@H](OC(=O)[C@@](C)(O)CC(=O)O)[C@H](OC(C)=O)C(C)(C)[C@@H]1CC3. The summed E-state index contributed by atoms with van der Waals surface area (Å²) in [5.74, 6) is -2.92. The quantitative estimate of drug-likeness (QED) is 0.157. The number of carboxylic acid groups (broad SMARTS) is 1. The van der Waals surface area contributed by atoms with Crippen LogP contribution in [0.3, 0.4) is 0 Å². The summed E-state index contributed by atoms with van der Waals surface area (Å²) in [6, 6.07) is 0. The Morgan fingerprint density at radius 3 is 2.06 bits per heavy atom. The number of esters is 3. The van der Waals surface area contributed by atoms with E-state index in [0.717, 1.165) is 51.9 Å². The molecule has 11 heteroatoms. The molecule has 0 aromatic carbocycles. The van der Waals surface area contributed by atoms with E-state index < -0.39 is 76.9 Å². The molecule has 3 N–H and O–H groups in total. The maximum absolute atomic E-state index is 13.3. The van der Waals surface area contributed by atoms with Crippen molar-refractivity contribution in [3.05, 3.63) is 11.1 Å². The van der Waals surface area contributed by atoms with Crippen molar-refractivity contribution in [3.8, 4) is 0 Å². The number of carbonyl (C=O) groups is 4. The van der Waals surface area contributed by atoms with Crippen LogP contribution in [0.2, 0.25) is 0 Å². The second kappa shape index (κ2) is 12.9. The van der Waals surface area contributed by atoms with Crippen LogP contribution in [0.1, 0.15) is 133 Å². The van der Waals surface area contributed by atoms with Gasteiger partial charge in [-0.05, 0) is 107 Å². The van der Waals surface area contributed by atoms with Crippen molar-refractivity contribution >= 4 is 23.9 Å². The fourth-order valence-corrected chi connectivity index (χ4v) is 11.6. The first kappa shape index (κ1) is 38.7. The molecule has 4 aliphatic carbocycles. The molecule has 2 saturated carbocycles. The Bertz CT molecular complexity index is 1420. The summed E-state index contributed by atoms with van der Waals surface area (Å²) in [5, 5.41) is 30.8. The number of rotatable bonds is 8. The molecule has 11 atom stereocenters. The molecule has 0 amide bonds. The maximum atomic E-state index is 13.3. The fourth-order valence-electron chi connectivity index (χ4n) is 11.6. The third kappa shape index (κ3) is 6.42. The van der Waals surface area contributed by atoms with Gasteiger partial charge in [-0.2, -0.15) is 0 Å². The Balaban J connectivity index is 1.50. The highest BCUT2D eigenvalue weighted by Gasteiger charge is 2.67. The molecule has 5 aliphatic rings. The second-order valence-electron chi connectivity index (χ2n) is 18.2. The van der Waals surface area contributed by atoms with Gasteiger partial charge in [0.25, 0.3) is 0 Å². The van der Waals surface area contributed by atoms with Crippen LogP contribution in [0, 0.1) is 39.4 Å². The lowest BCUT2D eigenvalue weighted by molar-refractivity contribution is -0.258. The van der Waals surface area contributed by atoms with Gasteiger partial charge < -0.3 is 34.3 Å². The van der Waals surface area contributed by atoms with E-state index in [1.54, 1.807) is 13.8 Å². The maximum Gasteiger partial charge on any atom is 0.338 e. The van der Waals surface area contributed by atoms with Crippen molar-refractivity contribution in [2.24, 2.45) is 39.4 Å². The van der Waals surface area contributed by atoms with E-state index in [1.807, 2.05) is 0 Å². The molecule has 0 aromatic heterocycles. The van der Waals surface area contributed by atoms with E-state index in [1.165, 1.54) is 25.0 Å². The fraction of sp³-hybridized carbons (Fsp3) is 0.846. The Morgan fingerprint density at radius 1 is 0.840 bits per heavy atom. The number of ether oxygens (including phenoxy) is 4. The second-order valence-corrected chi connectivity index (χ2v) is 18.2. The van der Waals surface area contributed by atoms with Gasteiger partial charge in [0, 0.05) is 25.2 Å². The summed E-state index contributed by atoms with van der Waals surface area (Å²) in [6.07, 6.45) is 3.68. The number of aliphatic carboxylic acids is 1. The molecular formula is C39H60O11. The first-order valence-electron chi connectivity index (χ1n) is 18.5. The molecule has 0 bridgehead atoms. The summed E-state index contributed by atoms with van der Waals surface area (Å²) < 4.78 is 24.1. The number of aliphatic hydroxyl groups is 2. The molecule has 0 aromatic rings.